The summed E-state index contributed by atoms with van der Waals surface area (Å²) in [4.78, 5) is 0. The third-order valence-corrected chi connectivity index (χ3v) is 2.29. The van der Waals surface area contributed by atoms with Gasteiger partial charge in [0.05, 0.1) is 0 Å². The summed E-state index contributed by atoms with van der Waals surface area (Å²) in [6.45, 7) is 3.94. The van der Waals surface area contributed by atoms with Crippen molar-refractivity contribution in [3.05, 3.63) is 12.2 Å². The zero-order valence-corrected chi connectivity index (χ0v) is 7.27. The minimum absolute atomic E-state index is 0.314. The van der Waals surface area contributed by atoms with Crippen LogP contribution in [0, 0.1) is 0 Å². The smallest absolute Gasteiger partial charge is 0.0191 e. The van der Waals surface area contributed by atoms with Crippen LogP contribution in [0.4, 0.5) is 0 Å². The van der Waals surface area contributed by atoms with E-state index in [1.165, 1.54) is 12.8 Å². The lowest BCUT2D eigenvalue weighted by Gasteiger charge is -2.31. The van der Waals surface area contributed by atoms with E-state index in [1.807, 2.05) is 0 Å². The van der Waals surface area contributed by atoms with E-state index in [-0.39, 0.29) is 0 Å². The Hall–Kier alpha value is -0.340. The standard InChI is InChI=1S/C9H18N2/c1-9(11-8-7-10)5-3-2-4-6-9/h2-3,11H,4-8,10H2,1H3. The van der Waals surface area contributed by atoms with Crippen LogP contribution < -0.4 is 11.1 Å². The first-order chi connectivity index (χ1) is 5.27. The van der Waals surface area contributed by atoms with Crippen molar-refractivity contribution in [2.75, 3.05) is 13.1 Å². The number of rotatable bonds is 3. The molecule has 64 valence electrons. The molecule has 11 heavy (non-hydrogen) atoms. The Kier molecular flexibility index (Phi) is 3.09. The molecular formula is C9H18N2. The Morgan fingerprint density at radius 1 is 1.55 bits per heavy atom. The van der Waals surface area contributed by atoms with Crippen LogP contribution in [0.2, 0.25) is 0 Å². The second-order valence-corrected chi connectivity index (χ2v) is 3.49. The number of nitrogens with two attached hydrogens (primary N) is 1. The molecule has 0 aromatic carbocycles. The highest BCUT2D eigenvalue weighted by Gasteiger charge is 2.22. The summed E-state index contributed by atoms with van der Waals surface area (Å²) >= 11 is 0. The fraction of sp³-hybridized carbons (Fsp3) is 0.778. The number of hydrogen-bond donors (Lipinski definition) is 2. The van der Waals surface area contributed by atoms with E-state index < -0.39 is 0 Å². The van der Waals surface area contributed by atoms with Crippen molar-refractivity contribution in [2.24, 2.45) is 5.73 Å². The van der Waals surface area contributed by atoms with Gasteiger partial charge in [-0.2, -0.15) is 0 Å². The molecule has 1 unspecified atom stereocenters. The molecule has 0 bridgehead atoms. The lowest BCUT2D eigenvalue weighted by molar-refractivity contribution is 0.330. The van der Waals surface area contributed by atoms with Gasteiger partial charge < -0.3 is 11.1 Å². The predicted octanol–water partition coefficient (Wildman–Crippen LogP) is 1.03. The van der Waals surface area contributed by atoms with Gasteiger partial charge in [-0.3, -0.25) is 0 Å². The number of nitrogens with one attached hydrogen (secondary N) is 1. The Balaban J connectivity index is 2.33. The van der Waals surface area contributed by atoms with Crippen LogP contribution >= 0.6 is 0 Å². The van der Waals surface area contributed by atoms with Crippen LogP contribution in [-0.2, 0) is 0 Å². The molecule has 0 amide bonds. The summed E-state index contributed by atoms with van der Waals surface area (Å²) < 4.78 is 0. The van der Waals surface area contributed by atoms with Gasteiger partial charge in [0.15, 0.2) is 0 Å². The molecule has 0 aromatic rings. The summed E-state index contributed by atoms with van der Waals surface area (Å²) in [5.74, 6) is 0. The highest BCUT2D eigenvalue weighted by molar-refractivity contribution is 5.00. The molecule has 0 fully saturated rings. The summed E-state index contributed by atoms with van der Waals surface area (Å²) in [7, 11) is 0. The molecule has 0 heterocycles. The third kappa shape index (κ3) is 2.64. The molecule has 1 aliphatic rings. The van der Waals surface area contributed by atoms with Gasteiger partial charge in [-0.15, -0.1) is 0 Å². The van der Waals surface area contributed by atoms with E-state index in [4.69, 9.17) is 5.73 Å². The molecule has 0 aliphatic heterocycles. The van der Waals surface area contributed by atoms with E-state index in [0.29, 0.717) is 5.54 Å². The quantitative estimate of drug-likeness (QED) is 0.596. The Labute approximate surface area is 68.9 Å². The second-order valence-electron chi connectivity index (χ2n) is 3.49. The summed E-state index contributed by atoms with van der Waals surface area (Å²) in [5.41, 5.74) is 5.74. The van der Waals surface area contributed by atoms with Crippen LogP contribution in [-0.4, -0.2) is 18.6 Å². The minimum atomic E-state index is 0.314. The van der Waals surface area contributed by atoms with E-state index in [9.17, 15) is 0 Å². The van der Waals surface area contributed by atoms with Crippen molar-refractivity contribution in [2.45, 2.75) is 31.7 Å². The van der Waals surface area contributed by atoms with Crippen LogP contribution in [0.15, 0.2) is 12.2 Å². The second kappa shape index (κ2) is 3.88. The van der Waals surface area contributed by atoms with Gasteiger partial charge in [-0.25, -0.2) is 0 Å². The molecule has 1 aliphatic carbocycles. The van der Waals surface area contributed by atoms with E-state index in [1.54, 1.807) is 0 Å². The fourth-order valence-electron chi connectivity index (χ4n) is 1.50. The predicted molar refractivity (Wildman–Crippen MR) is 48.5 cm³/mol. The summed E-state index contributed by atoms with van der Waals surface area (Å²) in [6, 6.07) is 0. The average Bonchev–Trinajstić information content (AvgIpc) is 2.03. The lowest BCUT2D eigenvalue weighted by Crippen LogP contribution is -2.44. The van der Waals surface area contributed by atoms with Gasteiger partial charge in [0.25, 0.3) is 0 Å². The molecule has 0 aromatic heterocycles. The van der Waals surface area contributed by atoms with E-state index >= 15 is 0 Å². The van der Waals surface area contributed by atoms with Crippen molar-refractivity contribution >= 4 is 0 Å². The van der Waals surface area contributed by atoms with Crippen molar-refractivity contribution in [3.63, 3.8) is 0 Å². The van der Waals surface area contributed by atoms with Gasteiger partial charge in [0.1, 0.15) is 0 Å². The Morgan fingerprint density at radius 3 is 2.91 bits per heavy atom. The van der Waals surface area contributed by atoms with Crippen molar-refractivity contribution in [1.82, 2.24) is 5.32 Å². The monoisotopic (exact) mass is 154 g/mol. The highest BCUT2D eigenvalue weighted by Crippen LogP contribution is 2.21. The fourth-order valence-corrected chi connectivity index (χ4v) is 1.50. The zero-order chi connectivity index (χ0) is 8.16. The van der Waals surface area contributed by atoms with Crippen LogP contribution in [0.3, 0.4) is 0 Å². The van der Waals surface area contributed by atoms with Crippen molar-refractivity contribution in [3.8, 4) is 0 Å². The molecule has 1 rings (SSSR count). The van der Waals surface area contributed by atoms with Crippen LogP contribution in [0.25, 0.3) is 0 Å². The summed E-state index contributed by atoms with van der Waals surface area (Å²) in [6.07, 6.45) is 8.10. The SMILES string of the molecule is CC1(NCCN)CC=CCC1. The lowest BCUT2D eigenvalue weighted by atomic mass is 9.88. The highest BCUT2D eigenvalue weighted by atomic mass is 15.0. The topological polar surface area (TPSA) is 38.0 Å². The van der Waals surface area contributed by atoms with Crippen molar-refractivity contribution < 1.29 is 0 Å². The van der Waals surface area contributed by atoms with Crippen LogP contribution in [0.1, 0.15) is 26.2 Å². The molecule has 0 saturated heterocycles. The van der Waals surface area contributed by atoms with Gasteiger partial charge in [-0.1, -0.05) is 12.2 Å². The first-order valence-electron chi connectivity index (χ1n) is 4.37. The zero-order valence-electron chi connectivity index (χ0n) is 7.27. The molecular weight excluding hydrogens is 136 g/mol. The maximum atomic E-state index is 5.42. The van der Waals surface area contributed by atoms with Crippen LogP contribution in [0.5, 0.6) is 0 Å². The molecule has 0 spiro atoms. The molecule has 1 atom stereocenters. The Morgan fingerprint density at radius 2 is 2.36 bits per heavy atom. The molecule has 0 saturated carbocycles. The first kappa shape index (κ1) is 8.75. The van der Waals surface area contributed by atoms with Gasteiger partial charge in [-0.05, 0) is 26.2 Å². The number of hydrogen-bond acceptors (Lipinski definition) is 2. The first-order valence-corrected chi connectivity index (χ1v) is 4.37. The maximum absolute atomic E-state index is 5.42. The van der Waals surface area contributed by atoms with Crippen molar-refractivity contribution in [1.29, 1.82) is 0 Å². The van der Waals surface area contributed by atoms with Gasteiger partial charge >= 0.3 is 0 Å². The molecule has 3 N–H and O–H groups in total. The largest absolute Gasteiger partial charge is 0.329 e. The average molecular weight is 154 g/mol. The van der Waals surface area contributed by atoms with E-state index in [0.717, 1.165) is 19.5 Å². The Bertz CT molecular complexity index is 142. The molecule has 2 heteroatoms. The molecule has 0 radical (unpaired) electrons. The van der Waals surface area contributed by atoms with E-state index in [2.05, 4.69) is 24.4 Å². The molecule has 2 nitrogen and oxygen atoms in total. The normalized spacial score (nSPS) is 30.7. The maximum Gasteiger partial charge on any atom is 0.0191 e. The summed E-state index contributed by atoms with van der Waals surface area (Å²) in [5, 5.41) is 3.47. The van der Waals surface area contributed by atoms with Gasteiger partial charge in [0.2, 0.25) is 0 Å². The third-order valence-electron chi connectivity index (χ3n) is 2.29. The minimum Gasteiger partial charge on any atom is -0.329 e. The number of allylic oxidation sites excluding steroid dienone is 1. The van der Waals surface area contributed by atoms with Gasteiger partial charge in [0, 0.05) is 18.6 Å².